The van der Waals surface area contributed by atoms with E-state index in [1.165, 1.54) is 6.42 Å². The molecule has 0 heterocycles. The first kappa shape index (κ1) is 10.1. The molecule has 0 bridgehead atoms. The number of carbonyl (C=O) groups is 1. The van der Waals surface area contributed by atoms with E-state index in [0.717, 1.165) is 29.4 Å². The number of carbonyl (C=O) groups excluding carboxylic acids is 1. The standard InChI is InChI=1S/C7H13NO2S2/c9-7(8(11)12)10-6-4-2-1-3-5-6/h6,11-12H,1-5H2. The Morgan fingerprint density at radius 1 is 1.25 bits per heavy atom. The van der Waals surface area contributed by atoms with Crippen molar-refractivity contribution in [2.75, 3.05) is 0 Å². The van der Waals surface area contributed by atoms with E-state index in [1.807, 2.05) is 0 Å². The SMILES string of the molecule is O=C(OC1CCCCC1)N(S)S. The highest BCUT2D eigenvalue weighted by Gasteiger charge is 2.18. The van der Waals surface area contributed by atoms with E-state index in [1.54, 1.807) is 0 Å². The quantitative estimate of drug-likeness (QED) is 0.647. The van der Waals surface area contributed by atoms with Gasteiger partial charge in [-0.1, -0.05) is 6.42 Å². The van der Waals surface area contributed by atoms with E-state index in [9.17, 15) is 4.79 Å². The highest BCUT2D eigenvalue weighted by atomic mass is 32.2. The number of thiol groups is 2. The second-order valence-corrected chi connectivity index (χ2v) is 4.05. The minimum absolute atomic E-state index is 0.0769. The van der Waals surface area contributed by atoms with Crippen LogP contribution in [0.1, 0.15) is 32.1 Å². The summed E-state index contributed by atoms with van der Waals surface area (Å²) in [6, 6.07) is 0. The van der Waals surface area contributed by atoms with Gasteiger partial charge in [0, 0.05) is 0 Å². The second kappa shape index (κ2) is 4.87. The monoisotopic (exact) mass is 207 g/mol. The molecule has 0 aromatic carbocycles. The molecule has 1 fully saturated rings. The Balaban J connectivity index is 2.24. The van der Waals surface area contributed by atoms with Crippen molar-refractivity contribution < 1.29 is 9.53 Å². The molecule has 0 spiro atoms. The fourth-order valence-electron chi connectivity index (χ4n) is 1.37. The molecule has 0 saturated heterocycles. The number of hydrogen-bond donors (Lipinski definition) is 2. The molecule has 5 heteroatoms. The number of nitrogens with zero attached hydrogens (tertiary/aromatic N) is 1. The average molecular weight is 207 g/mol. The maximum absolute atomic E-state index is 11.0. The zero-order valence-corrected chi connectivity index (χ0v) is 8.56. The van der Waals surface area contributed by atoms with E-state index in [2.05, 4.69) is 25.6 Å². The molecule has 1 aliphatic carbocycles. The number of amides is 1. The Morgan fingerprint density at radius 2 is 1.83 bits per heavy atom. The summed E-state index contributed by atoms with van der Waals surface area (Å²) in [5.41, 5.74) is 0. The molecule has 1 saturated carbocycles. The normalized spacial score (nSPS) is 18.8. The summed E-state index contributed by atoms with van der Waals surface area (Å²) >= 11 is 7.43. The van der Waals surface area contributed by atoms with Crippen LogP contribution in [0.4, 0.5) is 4.79 Å². The van der Waals surface area contributed by atoms with Gasteiger partial charge in [0.05, 0.1) is 0 Å². The first-order chi connectivity index (χ1) is 5.70. The van der Waals surface area contributed by atoms with Crippen LogP contribution in [0.15, 0.2) is 0 Å². The first-order valence-electron chi connectivity index (χ1n) is 4.08. The van der Waals surface area contributed by atoms with Crippen LogP contribution in [0.25, 0.3) is 0 Å². The van der Waals surface area contributed by atoms with Crippen LogP contribution >= 0.6 is 25.6 Å². The minimum Gasteiger partial charge on any atom is -0.445 e. The molecule has 1 amide bonds. The van der Waals surface area contributed by atoms with E-state index >= 15 is 0 Å². The van der Waals surface area contributed by atoms with Gasteiger partial charge in [0.15, 0.2) is 0 Å². The molecule has 0 aromatic heterocycles. The van der Waals surface area contributed by atoms with Crippen molar-refractivity contribution in [3.63, 3.8) is 0 Å². The minimum atomic E-state index is -0.478. The predicted molar refractivity (Wildman–Crippen MR) is 53.2 cm³/mol. The molecule has 70 valence electrons. The molecule has 3 nitrogen and oxygen atoms in total. The van der Waals surface area contributed by atoms with Crippen molar-refractivity contribution in [1.82, 2.24) is 3.71 Å². The van der Waals surface area contributed by atoms with Gasteiger partial charge in [-0.05, 0) is 51.3 Å². The van der Waals surface area contributed by atoms with Crippen LogP contribution in [-0.2, 0) is 4.74 Å². The smallest absolute Gasteiger partial charge is 0.430 e. The molecule has 0 aliphatic heterocycles. The molecule has 0 aromatic rings. The summed E-state index contributed by atoms with van der Waals surface area (Å²) in [5, 5.41) is 0. The Hall–Kier alpha value is -0.0300. The van der Waals surface area contributed by atoms with E-state index in [4.69, 9.17) is 4.74 Å². The maximum Gasteiger partial charge on any atom is 0.430 e. The lowest BCUT2D eigenvalue weighted by Gasteiger charge is -2.22. The number of rotatable bonds is 1. The highest BCUT2D eigenvalue weighted by Crippen LogP contribution is 2.21. The van der Waals surface area contributed by atoms with Crippen molar-refractivity contribution in [3.8, 4) is 0 Å². The molecule has 1 rings (SSSR count). The van der Waals surface area contributed by atoms with Crippen molar-refractivity contribution in [2.45, 2.75) is 38.2 Å². The highest BCUT2D eigenvalue weighted by molar-refractivity contribution is 7.94. The van der Waals surface area contributed by atoms with Gasteiger partial charge < -0.3 is 4.74 Å². The third-order valence-corrected chi connectivity index (χ3v) is 2.31. The third kappa shape index (κ3) is 3.15. The lowest BCUT2D eigenvalue weighted by atomic mass is 9.98. The summed E-state index contributed by atoms with van der Waals surface area (Å²) in [5.74, 6) is 0. The molecular weight excluding hydrogens is 194 g/mol. The van der Waals surface area contributed by atoms with E-state index < -0.39 is 6.09 Å². The van der Waals surface area contributed by atoms with Gasteiger partial charge >= 0.3 is 6.09 Å². The third-order valence-electron chi connectivity index (χ3n) is 1.98. The van der Waals surface area contributed by atoms with Crippen molar-refractivity contribution in [3.05, 3.63) is 0 Å². The van der Waals surface area contributed by atoms with Gasteiger partial charge in [-0.3, -0.25) is 0 Å². The Kier molecular flexibility index (Phi) is 4.08. The van der Waals surface area contributed by atoms with Crippen molar-refractivity contribution in [2.24, 2.45) is 0 Å². The van der Waals surface area contributed by atoms with Crippen molar-refractivity contribution in [1.29, 1.82) is 0 Å². The van der Waals surface area contributed by atoms with Crippen LogP contribution in [-0.4, -0.2) is 15.9 Å². The van der Waals surface area contributed by atoms with Gasteiger partial charge in [-0.15, -0.1) is 0 Å². The zero-order valence-electron chi connectivity index (χ0n) is 6.77. The summed E-state index contributed by atoms with van der Waals surface area (Å²) in [6.07, 6.45) is 5.09. The Labute approximate surface area is 83.5 Å². The van der Waals surface area contributed by atoms with Gasteiger partial charge in [0.2, 0.25) is 0 Å². The largest absolute Gasteiger partial charge is 0.445 e. The lowest BCUT2D eigenvalue weighted by Crippen LogP contribution is -2.24. The van der Waals surface area contributed by atoms with E-state index in [0.29, 0.717) is 0 Å². The van der Waals surface area contributed by atoms with Gasteiger partial charge in [0.25, 0.3) is 0 Å². The lowest BCUT2D eigenvalue weighted by molar-refractivity contribution is 0.0725. The van der Waals surface area contributed by atoms with E-state index in [-0.39, 0.29) is 6.10 Å². The fourth-order valence-corrected chi connectivity index (χ4v) is 1.47. The van der Waals surface area contributed by atoms with Gasteiger partial charge in [-0.25, -0.2) is 4.79 Å². The van der Waals surface area contributed by atoms with Crippen LogP contribution in [0, 0.1) is 0 Å². The Bertz CT molecular complexity index is 157. The molecule has 0 N–H and O–H groups in total. The van der Waals surface area contributed by atoms with Crippen molar-refractivity contribution >= 4 is 31.7 Å². The topological polar surface area (TPSA) is 29.5 Å². The molecular formula is C7H13NO2S2. The molecule has 12 heavy (non-hydrogen) atoms. The molecule has 0 radical (unpaired) electrons. The maximum atomic E-state index is 11.0. The molecule has 0 unspecified atom stereocenters. The van der Waals surface area contributed by atoms with Crippen LogP contribution in [0.5, 0.6) is 0 Å². The zero-order chi connectivity index (χ0) is 8.97. The average Bonchev–Trinajstić information content (AvgIpc) is 2.06. The summed E-state index contributed by atoms with van der Waals surface area (Å²) < 4.78 is 5.96. The predicted octanol–water partition coefficient (Wildman–Crippen LogP) is 2.45. The first-order valence-corrected chi connectivity index (χ1v) is 4.88. The van der Waals surface area contributed by atoms with Gasteiger partial charge in [0.1, 0.15) is 6.10 Å². The molecule has 0 atom stereocenters. The number of hydrogen-bond acceptors (Lipinski definition) is 4. The van der Waals surface area contributed by atoms with Gasteiger partial charge in [-0.2, -0.15) is 3.71 Å². The van der Waals surface area contributed by atoms with Crippen LogP contribution in [0.2, 0.25) is 0 Å². The second-order valence-electron chi connectivity index (χ2n) is 2.93. The summed E-state index contributed by atoms with van der Waals surface area (Å²) in [4.78, 5) is 11.0. The fraction of sp³-hybridized carbons (Fsp3) is 0.857. The molecule has 1 aliphatic rings. The number of ether oxygens (including phenoxy) is 1. The van der Waals surface area contributed by atoms with Crippen LogP contribution < -0.4 is 0 Å². The van der Waals surface area contributed by atoms with Crippen LogP contribution in [0.3, 0.4) is 0 Å². The summed E-state index contributed by atoms with van der Waals surface area (Å²) in [6.45, 7) is 0. The summed E-state index contributed by atoms with van der Waals surface area (Å²) in [7, 11) is 0. The Morgan fingerprint density at radius 3 is 2.33 bits per heavy atom.